The lowest BCUT2D eigenvalue weighted by molar-refractivity contribution is 0.187. The van der Waals surface area contributed by atoms with Gasteiger partial charge in [-0.25, -0.2) is 0 Å². The number of halogens is 3. The average molecular weight is 906 g/mol. The Morgan fingerprint density at radius 2 is 0.444 bits per heavy atom. The van der Waals surface area contributed by atoms with Gasteiger partial charge in [0.05, 0.1) is 18.1 Å². The van der Waals surface area contributed by atoms with Crippen LogP contribution in [0, 0.1) is 0 Å². The molecule has 0 radical (unpaired) electrons. The van der Waals surface area contributed by atoms with Gasteiger partial charge in [-0.2, -0.15) is 0 Å². The summed E-state index contributed by atoms with van der Waals surface area (Å²) in [5.41, 5.74) is 8.12. The van der Waals surface area contributed by atoms with Crippen molar-refractivity contribution >= 4 is 34.8 Å². The summed E-state index contributed by atoms with van der Waals surface area (Å²) in [6.07, 6.45) is 11.9. The Morgan fingerprint density at radius 3 is 0.651 bits per heavy atom. The fourth-order valence-corrected chi connectivity index (χ4v) is 9.59. The number of piperidine rings is 3. The Labute approximate surface area is 397 Å². The molecule has 1 unspecified atom stereocenters. The van der Waals surface area contributed by atoms with Crippen LogP contribution >= 0.6 is 34.8 Å². The van der Waals surface area contributed by atoms with Crippen LogP contribution < -0.4 is 0 Å². The zero-order chi connectivity index (χ0) is 41.4. The van der Waals surface area contributed by atoms with Crippen molar-refractivity contribution in [1.29, 1.82) is 0 Å². The van der Waals surface area contributed by atoms with E-state index in [0.717, 1.165) is 15.1 Å². The molecule has 3 aliphatic rings. The molecule has 9 rings (SSSR count). The second-order valence-electron chi connectivity index (χ2n) is 16.4. The molecule has 6 aromatic rings. The van der Waals surface area contributed by atoms with E-state index in [1.807, 2.05) is 36.4 Å². The normalized spacial score (nSPS) is 17.0. The molecule has 63 heavy (non-hydrogen) atoms. The highest BCUT2D eigenvalue weighted by Crippen LogP contribution is 2.34. The molecule has 6 aromatic carbocycles. The molecule has 3 nitrogen and oxygen atoms in total. The van der Waals surface area contributed by atoms with Crippen molar-refractivity contribution in [3.8, 4) is 0 Å². The third kappa shape index (κ3) is 15.1. The standard InChI is InChI=1S/3C18H20ClN.3CH4/c3*19-17-11-9-16(10-12-17)18(15-7-3-1-4-8-15)20-13-5-2-6-14-20;;;/h3*1,3-4,7-12,18H,2,5-6,13-14H2;3*1H4/t2*18-;;;;/m10..../s1. The fourth-order valence-electron chi connectivity index (χ4n) is 9.21. The van der Waals surface area contributed by atoms with E-state index < -0.39 is 0 Å². The molecule has 6 heteroatoms. The van der Waals surface area contributed by atoms with Crippen molar-refractivity contribution in [3.63, 3.8) is 0 Å². The molecule has 336 valence electrons. The van der Waals surface area contributed by atoms with Crippen molar-refractivity contribution < 1.29 is 0 Å². The number of hydrogen-bond donors (Lipinski definition) is 0. The smallest absolute Gasteiger partial charge is 0.0601 e. The molecule has 0 aliphatic carbocycles. The number of hydrogen-bond acceptors (Lipinski definition) is 3. The topological polar surface area (TPSA) is 9.72 Å². The third-order valence-corrected chi connectivity index (χ3v) is 12.9. The van der Waals surface area contributed by atoms with Crippen molar-refractivity contribution in [2.75, 3.05) is 39.3 Å². The molecule has 0 aromatic heterocycles. The average Bonchev–Trinajstić information content (AvgIpc) is 3.31. The summed E-state index contributed by atoms with van der Waals surface area (Å²) in [4.78, 5) is 7.80. The van der Waals surface area contributed by atoms with Gasteiger partial charge in [0.15, 0.2) is 0 Å². The first-order valence-corrected chi connectivity index (χ1v) is 23.3. The van der Waals surface area contributed by atoms with E-state index in [1.165, 1.54) is 130 Å². The Morgan fingerprint density at radius 1 is 0.254 bits per heavy atom. The maximum Gasteiger partial charge on any atom is 0.0601 e. The van der Waals surface area contributed by atoms with Crippen LogP contribution in [0.1, 0.15) is 132 Å². The Bertz CT molecular complexity index is 1830. The predicted octanol–water partition coefficient (Wildman–Crippen LogP) is 16.7. The first-order chi connectivity index (χ1) is 29.5. The second kappa shape index (κ2) is 27.4. The molecule has 0 amide bonds. The van der Waals surface area contributed by atoms with Gasteiger partial charge in [-0.15, -0.1) is 0 Å². The van der Waals surface area contributed by atoms with Gasteiger partial charge in [0, 0.05) is 15.1 Å². The Kier molecular flexibility index (Phi) is 22.5. The van der Waals surface area contributed by atoms with Gasteiger partial charge in [0.2, 0.25) is 0 Å². The van der Waals surface area contributed by atoms with Gasteiger partial charge < -0.3 is 0 Å². The zero-order valence-corrected chi connectivity index (χ0v) is 37.2. The van der Waals surface area contributed by atoms with Gasteiger partial charge >= 0.3 is 0 Å². The maximum absolute atomic E-state index is 6.03. The maximum atomic E-state index is 6.03. The second-order valence-corrected chi connectivity index (χ2v) is 17.7. The molecular formula is C57H72Cl3N3. The van der Waals surface area contributed by atoms with Crippen LogP contribution in [0.3, 0.4) is 0 Å². The van der Waals surface area contributed by atoms with Gasteiger partial charge in [0.1, 0.15) is 0 Å². The molecule has 3 aliphatic heterocycles. The van der Waals surface area contributed by atoms with E-state index in [1.54, 1.807) is 0 Å². The van der Waals surface area contributed by atoms with E-state index in [4.69, 9.17) is 34.8 Å². The van der Waals surface area contributed by atoms with Gasteiger partial charge in [0.25, 0.3) is 0 Å². The summed E-state index contributed by atoms with van der Waals surface area (Å²) < 4.78 is 0. The quantitative estimate of drug-likeness (QED) is 0.143. The number of likely N-dealkylation sites (tertiary alicyclic amines) is 3. The molecule has 0 spiro atoms. The van der Waals surface area contributed by atoms with E-state index >= 15 is 0 Å². The summed E-state index contributed by atoms with van der Waals surface area (Å²) in [5.74, 6) is 0. The highest BCUT2D eigenvalue weighted by atomic mass is 35.5. The van der Waals surface area contributed by atoms with Crippen molar-refractivity contribution in [1.82, 2.24) is 14.7 Å². The lowest BCUT2D eigenvalue weighted by Gasteiger charge is -2.35. The first kappa shape index (κ1) is 51.7. The third-order valence-electron chi connectivity index (χ3n) is 12.2. The fraction of sp³-hybridized carbons (Fsp3) is 0.368. The highest BCUT2D eigenvalue weighted by Gasteiger charge is 2.26. The monoisotopic (exact) mass is 903 g/mol. The first-order valence-electron chi connectivity index (χ1n) is 22.2. The van der Waals surface area contributed by atoms with Gasteiger partial charge in [-0.3, -0.25) is 14.7 Å². The minimum atomic E-state index is 0. The van der Waals surface area contributed by atoms with Crippen LogP contribution in [0.15, 0.2) is 164 Å². The van der Waals surface area contributed by atoms with Crippen LogP contribution in [0.4, 0.5) is 0 Å². The molecule has 0 N–H and O–H groups in total. The largest absolute Gasteiger partial charge is 0.292 e. The van der Waals surface area contributed by atoms with Gasteiger partial charge in [-0.1, -0.05) is 204 Å². The van der Waals surface area contributed by atoms with Crippen LogP contribution in [0.2, 0.25) is 15.1 Å². The van der Waals surface area contributed by atoms with E-state index in [2.05, 4.69) is 142 Å². The molecular weight excluding hydrogens is 833 g/mol. The summed E-state index contributed by atoms with van der Waals surface area (Å²) in [7, 11) is 0. The Hall–Kier alpha value is -3.93. The summed E-state index contributed by atoms with van der Waals surface area (Å²) in [6, 6.07) is 58.4. The number of rotatable bonds is 9. The Balaban J connectivity index is 0.000000203. The molecule has 0 saturated carbocycles. The van der Waals surface area contributed by atoms with Gasteiger partial charge in [-0.05, 0) is 148 Å². The SMILES string of the molecule is C.C.C.Clc1ccc(C(c2ccccc2)N2CCCCC2)cc1.Clc1ccc([C@@H](c2ccccc2)N2CCCCC2)cc1.Clc1ccc([C@H](c2ccccc2)N2CCCCC2)cc1. The number of benzene rings is 6. The van der Waals surface area contributed by atoms with Crippen molar-refractivity contribution in [3.05, 3.63) is 212 Å². The predicted molar refractivity (Wildman–Crippen MR) is 276 cm³/mol. The van der Waals surface area contributed by atoms with E-state index in [9.17, 15) is 0 Å². The zero-order valence-electron chi connectivity index (χ0n) is 34.9. The molecule has 3 saturated heterocycles. The van der Waals surface area contributed by atoms with Crippen LogP contribution in [-0.4, -0.2) is 54.0 Å². The molecule has 3 heterocycles. The van der Waals surface area contributed by atoms with Crippen LogP contribution in [0.5, 0.6) is 0 Å². The lowest BCUT2D eigenvalue weighted by Crippen LogP contribution is -2.34. The number of nitrogens with zero attached hydrogens (tertiary/aromatic N) is 3. The van der Waals surface area contributed by atoms with Crippen molar-refractivity contribution in [2.24, 2.45) is 0 Å². The highest BCUT2D eigenvalue weighted by molar-refractivity contribution is 6.31. The molecule has 3 atom stereocenters. The minimum Gasteiger partial charge on any atom is -0.292 e. The molecule has 3 fully saturated rings. The summed E-state index contributed by atoms with van der Waals surface area (Å²) in [6.45, 7) is 7.10. The van der Waals surface area contributed by atoms with E-state index in [-0.39, 0.29) is 22.3 Å². The van der Waals surface area contributed by atoms with Crippen molar-refractivity contribution in [2.45, 2.75) is 98.2 Å². The molecule has 0 bridgehead atoms. The van der Waals surface area contributed by atoms with E-state index in [0.29, 0.717) is 18.1 Å². The lowest BCUT2D eigenvalue weighted by atomic mass is 9.95. The summed E-state index contributed by atoms with van der Waals surface area (Å²) in [5, 5.41) is 2.41. The summed E-state index contributed by atoms with van der Waals surface area (Å²) >= 11 is 18.1. The minimum absolute atomic E-state index is 0. The van der Waals surface area contributed by atoms with Crippen LogP contribution in [-0.2, 0) is 0 Å². The van der Waals surface area contributed by atoms with Crippen LogP contribution in [0.25, 0.3) is 0 Å².